The number of fused-ring (bicyclic) bond motifs is 1. The molecule has 1 amide bonds. The van der Waals surface area contributed by atoms with Crippen LogP contribution in [0.4, 0.5) is 5.69 Å². The lowest BCUT2D eigenvalue weighted by Gasteiger charge is -2.36. The summed E-state index contributed by atoms with van der Waals surface area (Å²) in [5.41, 5.74) is 0.889. The van der Waals surface area contributed by atoms with Crippen molar-refractivity contribution in [1.29, 1.82) is 0 Å². The number of aryl methyl sites for hydroxylation is 1. The summed E-state index contributed by atoms with van der Waals surface area (Å²) in [5.74, 6) is -0.199. The number of hydrogen-bond acceptors (Lipinski definition) is 4. The lowest BCUT2D eigenvalue weighted by molar-refractivity contribution is -0.132. The van der Waals surface area contributed by atoms with Crippen LogP contribution >= 0.6 is 0 Å². The Kier molecular flexibility index (Phi) is 5.20. The van der Waals surface area contributed by atoms with Crippen LogP contribution in [0, 0.1) is 0 Å². The third-order valence-electron chi connectivity index (χ3n) is 5.50. The monoisotopic (exact) mass is 392 g/mol. The number of nitrogens with zero attached hydrogens (tertiary/aromatic N) is 4. The summed E-state index contributed by atoms with van der Waals surface area (Å²) in [7, 11) is 0. The molecule has 29 heavy (non-hydrogen) atoms. The normalized spacial score (nSPS) is 14.4. The van der Waals surface area contributed by atoms with Crippen LogP contribution in [0.3, 0.4) is 0 Å². The molecule has 1 saturated heterocycles. The SMILES string of the molecule is CCn1c(=O)n(CC(=O)N2CCN(c3ccccc3)CC2)c(=O)c2ccccc21. The molecule has 150 valence electrons. The maximum atomic E-state index is 12.9. The number of aromatic nitrogens is 2. The molecule has 7 heteroatoms. The van der Waals surface area contributed by atoms with Gasteiger partial charge in [0.2, 0.25) is 5.91 Å². The van der Waals surface area contributed by atoms with Gasteiger partial charge in [-0.1, -0.05) is 30.3 Å². The molecule has 1 aliphatic heterocycles. The second-order valence-corrected chi connectivity index (χ2v) is 7.14. The molecule has 0 bridgehead atoms. The van der Waals surface area contributed by atoms with Crippen LogP contribution in [0.2, 0.25) is 0 Å². The highest BCUT2D eigenvalue weighted by Gasteiger charge is 2.23. The molecule has 2 aromatic carbocycles. The Hall–Kier alpha value is -3.35. The van der Waals surface area contributed by atoms with E-state index in [1.165, 1.54) is 4.57 Å². The van der Waals surface area contributed by atoms with Crippen molar-refractivity contribution < 1.29 is 4.79 Å². The van der Waals surface area contributed by atoms with Crippen LogP contribution < -0.4 is 16.1 Å². The van der Waals surface area contributed by atoms with Crippen LogP contribution in [0.25, 0.3) is 10.9 Å². The standard InChI is InChI=1S/C22H24N4O3/c1-2-25-19-11-7-6-10-18(19)21(28)26(22(25)29)16-20(27)24-14-12-23(13-15-24)17-8-4-3-5-9-17/h3-11H,2,12-16H2,1H3. The fourth-order valence-corrected chi connectivity index (χ4v) is 3.90. The van der Waals surface area contributed by atoms with E-state index in [-0.39, 0.29) is 12.5 Å². The highest BCUT2D eigenvalue weighted by molar-refractivity contribution is 5.79. The van der Waals surface area contributed by atoms with Gasteiger partial charge >= 0.3 is 5.69 Å². The van der Waals surface area contributed by atoms with Gasteiger partial charge < -0.3 is 9.80 Å². The smallest absolute Gasteiger partial charge is 0.331 e. The highest BCUT2D eigenvalue weighted by Crippen LogP contribution is 2.15. The number of para-hydroxylation sites is 2. The van der Waals surface area contributed by atoms with E-state index in [9.17, 15) is 14.4 Å². The maximum Gasteiger partial charge on any atom is 0.331 e. The first kappa shape index (κ1) is 19.0. The van der Waals surface area contributed by atoms with Crippen molar-refractivity contribution in [2.24, 2.45) is 0 Å². The van der Waals surface area contributed by atoms with E-state index in [0.717, 1.165) is 23.3 Å². The average molecular weight is 392 g/mol. The second kappa shape index (κ2) is 7.95. The van der Waals surface area contributed by atoms with Crippen LogP contribution in [-0.4, -0.2) is 46.1 Å². The summed E-state index contributed by atoms with van der Waals surface area (Å²) in [6.45, 7) is 4.64. The Morgan fingerprint density at radius 3 is 2.21 bits per heavy atom. The van der Waals surface area contributed by atoms with Gasteiger partial charge in [-0.3, -0.25) is 18.7 Å². The molecule has 0 unspecified atom stereocenters. The Balaban J connectivity index is 1.54. The lowest BCUT2D eigenvalue weighted by atomic mass is 10.2. The third-order valence-corrected chi connectivity index (χ3v) is 5.50. The molecule has 0 saturated carbocycles. The van der Waals surface area contributed by atoms with E-state index in [2.05, 4.69) is 17.0 Å². The van der Waals surface area contributed by atoms with Crippen molar-refractivity contribution in [3.63, 3.8) is 0 Å². The summed E-state index contributed by atoms with van der Waals surface area (Å²) in [4.78, 5) is 42.5. The maximum absolute atomic E-state index is 12.9. The van der Waals surface area contributed by atoms with Crippen molar-refractivity contribution in [1.82, 2.24) is 14.0 Å². The number of hydrogen-bond donors (Lipinski definition) is 0. The molecule has 0 atom stereocenters. The average Bonchev–Trinajstić information content (AvgIpc) is 2.77. The van der Waals surface area contributed by atoms with Crippen molar-refractivity contribution in [3.05, 3.63) is 75.4 Å². The molecule has 0 aliphatic carbocycles. The first-order chi connectivity index (χ1) is 14.1. The second-order valence-electron chi connectivity index (χ2n) is 7.14. The predicted octanol–water partition coefficient (Wildman–Crippen LogP) is 1.53. The van der Waals surface area contributed by atoms with E-state index in [4.69, 9.17) is 0 Å². The Labute approximate surface area is 168 Å². The van der Waals surface area contributed by atoms with E-state index in [1.54, 1.807) is 29.2 Å². The fourth-order valence-electron chi connectivity index (χ4n) is 3.90. The number of anilines is 1. The minimum atomic E-state index is -0.438. The minimum absolute atomic E-state index is 0.199. The first-order valence-electron chi connectivity index (χ1n) is 9.90. The Morgan fingerprint density at radius 1 is 0.862 bits per heavy atom. The van der Waals surface area contributed by atoms with Crippen LogP contribution in [-0.2, 0) is 17.9 Å². The number of carbonyl (C=O) groups is 1. The highest BCUT2D eigenvalue weighted by atomic mass is 16.2. The minimum Gasteiger partial charge on any atom is -0.368 e. The molecule has 7 nitrogen and oxygen atoms in total. The quantitative estimate of drug-likeness (QED) is 0.675. The molecule has 0 N–H and O–H groups in total. The predicted molar refractivity (Wildman–Crippen MR) is 113 cm³/mol. The lowest BCUT2D eigenvalue weighted by Crippen LogP contribution is -2.51. The van der Waals surface area contributed by atoms with Gasteiger partial charge in [0.15, 0.2) is 0 Å². The van der Waals surface area contributed by atoms with Crippen LogP contribution in [0.15, 0.2) is 64.2 Å². The van der Waals surface area contributed by atoms with Gasteiger partial charge in [-0.2, -0.15) is 0 Å². The van der Waals surface area contributed by atoms with Gasteiger partial charge in [0, 0.05) is 38.4 Å². The zero-order valence-corrected chi connectivity index (χ0v) is 16.5. The summed E-state index contributed by atoms with van der Waals surface area (Å²) in [5, 5.41) is 0.454. The fraction of sp³-hybridized carbons (Fsp3) is 0.318. The van der Waals surface area contributed by atoms with E-state index < -0.39 is 11.2 Å². The summed E-state index contributed by atoms with van der Waals surface area (Å²) in [6, 6.07) is 17.1. The Bertz CT molecular complexity index is 1140. The zero-order valence-electron chi connectivity index (χ0n) is 16.5. The van der Waals surface area contributed by atoms with E-state index in [1.807, 2.05) is 25.1 Å². The summed E-state index contributed by atoms with van der Waals surface area (Å²) >= 11 is 0. The molecule has 3 aromatic rings. The number of rotatable bonds is 4. The molecule has 1 aliphatic rings. The molecule has 0 radical (unpaired) electrons. The number of amides is 1. The van der Waals surface area contributed by atoms with Crippen molar-refractivity contribution in [2.45, 2.75) is 20.0 Å². The van der Waals surface area contributed by atoms with Gasteiger partial charge in [-0.05, 0) is 31.2 Å². The van der Waals surface area contributed by atoms with Gasteiger partial charge in [-0.25, -0.2) is 4.79 Å². The van der Waals surface area contributed by atoms with Crippen LogP contribution in [0.5, 0.6) is 0 Å². The number of piperazine rings is 1. The largest absolute Gasteiger partial charge is 0.368 e. The third kappa shape index (κ3) is 3.55. The molecule has 1 fully saturated rings. The molecule has 0 spiro atoms. The number of carbonyl (C=O) groups excluding carboxylic acids is 1. The van der Waals surface area contributed by atoms with E-state index in [0.29, 0.717) is 30.5 Å². The van der Waals surface area contributed by atoms with Crippen molar-refractivity contribution >= 4 is 22.5 Å². The van der Waals surface area contributed by atoms with Gasteiger partial charge in [0.1, 0.15) is 6.54 Å². The van der Waals surface area contributed by atoms with Crippen LogP contribution in [0.1, 0.15) is 6.92 Å². The van der Waals surface area contributed by atoms with Gasteiger partial charge in [0.05, 0.1) is 10.9 Å². The summed E-state index contributed by atoms with van der Waals surface area (Å²) < 4.78 is 2.61. The van der Waals surface area contributed by atoms with Gasteiger partial charge in [-0.15, -0.1) is 0 Å². The van der Waals surface area contributed by atoms with Crippen molar-refractivity contribution in [3.8, 4) is 0 Å². The van der Waals surface area contributed by atoms with E-state index >= 15 is 0 Å². The molecule has 4 rings (SSSR count). The molecule has 1 aromatic heterocycles. The Morgan fingerprint density at radius 2 is 1.52 bits per heavy atom. The zero-order chi connectivity index (χ0) is 20.4. The molecular formula is C22H24N4O3. The van der Waals surface area contributed by atoms with Gasteiger partial charge in [0.25, 0.3) is 5.56 Å². The molecule has 2 heterocycles. The summed E-state index contributed by atoms with van der Waals surface area (Å²) in [6.07, 6.45) is 0. The molecular weight excluding hydrogens is 368 g/mol. The first-order valence-corrected chi connectivity index (χ1v) is 9.90. The van der Waals surface area contributed by atoms with Crippen molar-refractivity contribution in [2.75, 3.05) is 31.1 Å². The number of benzene rings is 2. The topological polar surface area (TPSA) is 67.6 Å².